The number of nitro benzene ring substituents is 1. The van der Waals surface area contributed by atoms with Crippen LogP contribution in [0.25, 0.3) is 0 Å². The Labute approximate surface area is 125 Å². The van der Waals surface area contributed by atoms with Crippen LogP contribution in [-0.2, 0) is 0 Å². The van der Waals surface area contributed by atoms with Crippen LogP contribution in [0.5, 0.6) is 0 Å². The quantitative estimate of drug-likeness (QED) is 0.644. The SMILES string of the molecule is CCNc1cccc(N(C)CC2CCN(C)C2)c1[N+](=O)[O-]. The molecule has 1 aromatic rings. The van der Waals surface area contributed by atoms with Crippen molar-refractivity contribution in [2.24, 2.45) is 5.92 Å². The molecule has 21 heavy (non-hydrogen) atoms. The van der Waals surface area contributed by atoms with Crippen LogP contribution >= 0.6 is 0 Å². The minimum absolute atomic E-state index is 0.174. The van der Waals surface area contributed by atoms with Gasteiger partial charge in [0.15, 0.2) is 0 Å². The Morgan fingerprint density at radius 2 is 2.29 bits per heavy atom. The highest BCUT2D eigenvalue weighted by molar-refractivity contribution is 5.76. The smallest absolute Gasteiger partial charge is 0.315 e. The number of para-hydroxylation sites is 1. The summed E-state index contributed by atoms with van der Waals surface area (Å²) in [5.41, 5.74) is 1.46. The first kappa shape index (κ1) is 15.6. The summed E-state index contributed by atoms with van der Waals surface area (Å²) < 4.78 is 0. The molecule has 1 aliphatic heterocycles. The Bertz CT molecular complexity index is 506. The number of likely N-dealkylation sites (tertiary alicyclic amines) is 1. The molecule has 1 atom stereocenters. The normalized spacial score (nSPS) is 18.7. The Morgan fingerprint density at radius 3 is 2.86 bits per heavy atom. The fourth-order valence-electron chi connectivity index (χ4n) is 3.03. The van der Waals surface area contributed by atoms with Crippen molar-refractivity contribution in [2.75, 3.05) is 50.5 Å². The predicted octanol–water partition coefficient (Wildman–Crippen LogP) is 2.41. The van der Waals surface area contributed by atoms with Gasteiger partial charge in [-0.25, -0.2) is 0 Å². The van der Waals surface area contributed by atoms with Crippen molar-refractivity contribution in [1.29, 1.82) is 0 Å². The summed E-state index contributed by atoms with van der Waals surface area (Å²) in [7, 11) is 4.06. The van der Waals surface area contributed by atoms with Crippen LogP contribution in [-0.4, -0.2) is 50.1 Å². The van der Waals surface area contributed by atoms with E-state index in [0.29, 0.717) is 23.8 Å². The molecule has 1 aliphatic rings. The van der Waals surface area contributed by atoms with Gasteiger partial charge < -0.3 is 15.1 Å². The van der Waals surface area contributed by atoms with Crippen molar-refractivity contribution in [3.8, 4) is 0 Å². The lowest BCUT2D eigenvalue weighted by atomic mass is 10.1. The molecule has 1 N–H and O–H groups in total. The lowest BCUT2D eigenvalue weighted by Crippen LogP contribution is -2.27. The summed E-state index contributed by atoms with van der Waals surface area (Å²) in [6.45, 7) is 5.62. The van der Waals surface area contributed by atoms with Gasteiger partial charge >= 0.3 is 5.69 Å². The molecule has 0 saturated carbocycles. The Kier molecular flexibility index (Phi) is 5.01. The van der Waals surface area contributed by atoms with Crippen LogP contribution in [0.1, 0.15) is 13.3 Å². The Balaban J connectivity index is 2.21. The highest BCUT2D eigenvalue weighted by atomic mass is 16.6. The van der Waals surface area contributed by atoms with Crippen LogP contribution in [0.2, 0.25) is 0 Å². The summed E-state index contributed by atoms with van der Waals surface area (Å²) >= 11 is 0. The molecule has 6 heteroatoms. The number of benzene rings is 1. The van der Waals surface area contributed by atoms with E-state index < -0.39 is 0 Å². The zero-order valence-corrected chi connectivity index (χ0v) is 13.0. The van der Waals surface area contributed by atoms with Crippen molar-refractivity contribution in [3.63, 3.8) is 0 Å². The third-order valence-electron chi connectivity index (χ3n) is 4.00. The summed E-state index contributed by atoms with van der Waals surface area (Å²) in [4.78, 5) is 15.5. The zero-order valence-electron chi connectivity index (χ0n) is 13.0. The van der Waals surface area contributed by atoms with E-state index in [9.17, 15) is 10.1 Å². The fraction of sp³-hybridized carbons (Fsp3) is 0.600. The van der Waals surface area contributed by atoms with Gasteiger partial charge in [-0.15, -0.1) is 0 Å². The molecular weight excluding hydrogens is 268 g/mol. The molecule has 6 nitrogen and oxygen atoms in total. The van der Waals surface area contributed by atoms with E-state index >= 15 is 0 Å². The van der Waals surface area contributed by atoms with Crippen molar-refractivity contribution < 1.29 is 4.92 Å². The third kappa shape index (κ3) is 3.64. The van der Waals surface area contributed by atoms with Crippen molar-refractivity contribution in [2.45, 2.75) is 13.3 Å². The molecule has 0 aromatic heterocycles. The first-order chi connectivity index (χ1) is 10.0. The Hall–Kier alpha value is -1.82. The van der Waals surface area contributed by atoms with E-state index in [1.165, 1.54) is 0 Å². The van der Waals surface area contributed by atoms with Crippen LogP contribution < -0.4 is 10.2 Å². The molecule has 1 aromatic carbocycles. The summed E-state index contributed by atoms with van der Waals surface area (Å²) in [6, 6.07) is 5.47. The van der Waals surface area contributed by atoms with Gasteiger partial charge in [-0.2, -0.15) is 0 Å². The van der Waals surface area contributed by atoms with Crippen molar-refractivity contribution in [1.82, 2.24) is 4.90 Å². The van der Waals surface area contributed by atoms with Crippen LogP contribution in [0.3, 0.4) is 0 Å². The van der Waals surface area contributed by atoms with Gasteiger partial charge in [-0.3, -0.25) is 10.1 Å². The van der Waals surface area contributed by atoms with E-state index in [4.69, 9.17) is 0 Å². The van der Waals surface area contributed by atoms with Gasteiger partial charge in [-0.1, -0.05) is 6.07 Å². The number of hydrogen-bond donors (Lipinski definition) is 1. The molecular formula is C15H24N4O2. The standard InChI is InChI=1S/C15H24N4O2/c1-4-16-13-6-5-7-14(15(13)19(20)21)18(3)11-12-8-9-17(2)10-12/h5-7,12,16H,4,8-11H2,1-3H3. The second kappa shape index (κ2) is 6.76. The zero-order chi connectivity index (χ0) is 15.4. The minimum Gasteiger partial charge on any atom is -0.380 e. The maximum Gasteiger partial charge on any atom is 0.315 e. The summed E-state index contributed by atoms with van der Waals surface area (Å²) in [5.74, 6) is 0.572. The van der Waals surface area contributed by atoms with Gasteiger partial charge in [0.2, 0.25) is 0 Å². The monoisotopic (exact) mass is 292 g/mol. The highest BCUT2D eigenvalue weighted by Crippen LogP contribution is 2.35. The number of anilines is 2. The molecule has 0 spiro atoms. The van der Waals surface area contributed by atoms with E-state index in [1.54, 1.807) is 6.07 Å². The molecule has 0 amide bonds. The van der Waals surface area contributed by atoms with Gasteiger partial charge in [-0.05, 0) is 45.0 Å². The average molecular weight is 292 g/mol. The number of nitrogens with one attached hydrogen (secondary N) is 1. The molecule has 1 fully saturated rings. The molecule has 1 heterocycles. The Morgan fingerprint density at radius 1 is 1.52 bits per heavy atom. The lowest BCUT2D eigenvalue weighted by Gasteiger charge is -2.23. The van der Waals surface area contributed by atoms with Gasteiger partial charge in [0, 0.05) is 26.7 Å². The first-order valence-corrected chi connectivity index (χ1v) is 7.43. The first-order valence-electron chi connectivity index (χ1n) is 7.43. The number of nitrogens with zero attached hydrogens (tertiary/aromatic N) is 3. The topological polar surface area (TPSA) is 61.6 Å². The van der Waals surface area contributed by atoms with Gasteiger partial charge in [0.25, 0.3) is 0 Å². The molecule has 0 radical (unpaired) electrons. The lowest BCUT2D eigenvalue weighted by molar-refractivity contribution is -0.383. The van der Waals surface area contributed by atoms with Crippen LogP contribution in [0, 0.1) is 16.0 Å². The predicted molar refractivity (Wildman–Crippen MR) is 86.1 cm³/mol. The number of rotatable bonds is 6. The molecule has 0 bridgehead atoms. The van der Waals surface area contributed by atoms with Crippen LogP contribution in [0.4, 0.5) is 17.1 Å². The number of nitro groups is 1. The molecule has 1 unspecified atom stereocenters. The van der Waals surface area contributed by atoms with E-state index in [0.717, 1.165) is 26.1 Å². The van der Waals surface area contributed by atoms with Crippen LogP contribution in [0.15, 0.2) is 18.2 Å². The fourth-order valence-corrected chi connectivity index (χ4v) is 3.03. The third-order valence-corrected chi connectivity index (χ3v) is 4.00. The van der Waals surface area contributed by atoms with E-state index in [1.807, 2.05) is 31.0 Å². The molecule has 2 rings (SSSR count). The van der Waals surface area contributed by atoms with Gasteiger partial charge in [0.1, 0.15) is 11.4 Å². The molecule has 0 aliphatic carbocycles. The summed E-state index contributed by atoms with van der Waals surface area (Å²) in [5, 5.41) is 14.5. The second-order valence-electron chi connectivity index (χ2n) is 5.76. The van der Waals surface area contributed by atoms with E-state index in [-0.39, 0.29) is 10.6 Å². The summed E-state index contributed by atoms with van der Waals surface area (Å²) in [6.07, 6.45) is 1.15. The minimum atomic E-state index is -0.287. The molecule has 1 saturated heterocycles. The van der Waals surface area contributed by atoms with E-state index in [2.05, 4.69) is 17.3 Å². The maximum atomic E-state index is 11.4. The average Bonchev–Trinajstić information content (AvgIpc) is 2.84. The maximum absolute atomic E-state index is 11.4. The highest BCUT2D eigenvalue weighted by Gasteiger charge is 2.25. The van der Waals surface area contributed by atoms with Crippen molar-refractivity contribution in [3.05, 3.63) is 28.3 Å². The van der Waals surface area contributed by atoms with Crippen molar-refractivity contribution >= 4 is 17.1 Å². The largest absolute Gasteiger partial charge is 0.380 e. The van der Waals surface area contributed by atoms with Gasteiger partial charge in [0.05, 0.1) is 4.92 Å². The number of hydrogen-bond acceptors (Lipinski definition) is 5. The second-order valence-corrected chi connectivity index (χ2v) is 5.76. The molecule has 116 valence electrons.